The van der Waals surface area contributed by atoms with Gasteiger partial charge in [-0.25, -0.2) is 18.9 Å². The fraction of sp³-hybridized carbons (Fsp3) is 0.833. The summed E-state index contributed by atoms with van der Waals surface area (Å²) in [4.78, 5) is 35.7. The molecule has 1 unspecified atom stereocenters. The third-order valence-corrected chi connectivity index (χ3v) is 6.65. The van der Waals surface area contributed by atoms with Crippen LogP contribution in [0.4, 0.5) is 9.59 Å². The van der Waals surface area contributed by atoms with Gasteiger partial charge in [-0.3, -0.25) is 9.05 Å². The van der Waals surface area contributed by atoms with Crippen molar-refractivity contribution in [3.05, 3.63) is 0 Å². The summed E-state index contributed by atoms with van der Waals surface area (Å²) >= 11 is 0. The van der Waals surface area contributed by atoms with Gasteiger partial charge in [0.2, 0.25) is 5.96 Å². The minimum Gasteiger partial charge on any atom is -0.480 e. The van der Waals surface area contributed by atoms with E-state index in [0.717, 1.165) is 43.4 Å². The molecule has 0 aromatic heterocycles. The second kappa shape index (κ2) is 22.3. The van der Waals surface area contributed by atoms with E-state index in [1.807, 2.05) is 13.8 Å². The van der Waals surface area contributed by atoms with Gasteiger partial charge in [-0.05, 0) is 19.3 Å². The quantitative estimate of drug-likeness (QED) is 0.0587. The number of carboxylic acid groups (broad SMARTS) is 1. The standard InChI is InChI=1S/C24H46N3O11P/c1-5-8-10-14-33-23(30)35-16-12-18-37-39(32,26-22(25)27(4)20(7-3)21(28)29)38-19-13-17-36-24(31)34-15-11-9-6-2/h20H,5-19H2,1-4H3,(H,28,29)(H2,25,26,32). The van der Waals surface area contributed by atoms with Gasteiger partial charge >= 0.3 is 26.0 Å². The maximum absolute atomic E-state index is 13.3. The molecule has 0 aromatic rings. The van der Waals surface area contributed by atoms with Crippen LogP contribution in [0, 0.1) is 0 Å². The van der Waals surface area contributed by atoms with Crippen LogP contribution >= 0.6 is 7.75 Å². The van der Waals surface area contributed by atoms with Gasteiger partial charge in [-0.15, -0.1) is 4.76 Å². The van der Waals surface area contributed by atoms with Crippen LogP contribution in [0.3, 0.4) is 0 Å². The van der Waals surface area contributed by atoms with E-state index in [0.29, 0.717) is 0 Å². The zero-order valence-corrected chi connectivity index (χ0v) is 24.5. The Morgan fingerprint density at radius 1 is 0.769 bits per heavy atom. The summed E-state index contributed by atoms with van der Waals surface area (Å²) < 4.78 is 47.5. The van der Waals surface area contributed by atoms with Crippen LogP contribution in [-0.4, -0.2) is 87.0 Å². The van der Waals surface area contributed by atoms with Gasteiger partial charge in [0.15, 0.2) is 0 Å². The molecule has 0 aromatic carbocycles. The van der Waals surface area contributed by atoms with Gasteiger partial charge in [-0.2, -0.15) is 0 Å². The van der Waals surface area contributed by atoms with Crippen molar-refractivity contribution in [3.8, 4) is 0 Å². The summed E-state index contributed by atoms with van der Waals surface area (Å²) in [6, 6.07) is -1.00. The number of unbranched alkanes of at least 4 members (excludes halogenated alkanes) is 4. The minimum atomic E-state index is -4.20. The van der Waals surface area contributed by atoms with E-state index >= 15 is 0 Å². The van der Waals surface area contributed by atoms with Crippen LogP contribution < -0.4 is 5.73 Å². The third-order valence-electron chi connectivity index (χ3n) is 5.19. The van der Waals surface area contributed by atoms with Crippen LogP contribution in [0.25, 0.3) is 0 Å². The van der Waals surface area contributed by atoms with Crippen LogP contribution in [-0.2, 0) is 37.4 Å². The number of nitrogens with two attached hydrogens (primary N) is 1. The highest BCUT2D eigenvalue weighted by Crippen LogP contribution is 2.50. The fourth-order valence-electron chi connectivity index (χ4n) is 2.95. The summed E-state index contributed by atoms with van der Waals surface area (Å²) in [6.45, 7) is 5.80. The largest absolute Gasteiger partial charge is 0.508 e. The molecule has 0 aliphatic heterocycles. The number of aliphatic carboxylic acids is 1. The van der Waals surface area contributed by atoms with E-state index in [-0.39, 0.29) is 64.9 Å². The van der Waals surface area contributed by atoms with Crippen molar-refractivity contribution >= 4 is 32.0 Å². The highest BCUT2D eigenvalue weighted by molar-refractivity contribution is 7.52. The summed E-state index contributed by atoms with van der Waals surface area (Å²) in [5, 5.41) is 9.36. The van der Waals surface area contributed by atoms with Crippen molar-refractivity contribution < 1.29 is 52.1 Å². The molecule has 14 nitrogen and oxygen atoms in total. The van der Waals surface area contributed by atoms with Crippen LogP contribution in [0.2, 0.25) is 0 Å². The first-order chi connectivity index (χ1) is 18.6. The Bertz CT molecular complexity index is 744. The lowest BCUT2D eigenvalue weighted by molar-refractivity contribution is -0.141. The summed E-state index contributed by atoms with van der Waals surface area (Å²) in [6.07, 6.45) is 4.27. The number of ether oxygens (including phenoxy) is 4. The van der Waals surface area contributed by atoms with Crippen molar-refractivity contribution in [1.82, 2.24) is 4.90 Å². The molecule has 0 amide bonds. The predicted molar refractivity (Wildman–Crippen MR) is 143 cm³/mol. The van der Waals surface area contributed by atoms with Crippen LogP contribution in [0.5, 0.6) is 0 Å². The number of carboxylic acids is 1. The summed E-state index contributed by atoms with van der Waals surface area (Å²) in [7, 11) is -2.81. The molecule has 0 rings (SSSR count). The monoisotopic (exact) mass is 583 g/mol. The van der Waals surface area contributed by atoms with Gasteiger partial charge in [0.05, 0.1) is 39.6 Å². The molecule has 0 saturated heterocycles. The van der Waals surface area contributed by atoms with Crippen molar-refractivity contribution in [1.29, 1.82) is 0 Å². The highest BCUT2D eigenvalue weighted by atomic mass is 31.2. The average molecular weight is 584 g/mol. The fourth-order valence-corrected chi connectivity index (χ4v) is 4.25. The van der Waals surface area contributed by atoms with Crippen molar-refractivity contribution in [2.45, 2.75) is 84.6 Å². The lowest BCUT2D eigenvalue weighted by Gasteiger charge is -2.25. The Morgan fingerprint density at radius 2 is 1.18 bits per heavy atom. The minimum absolute atomic E-state index is 0.0587. The van der Waals surface area contributed by atoms with Crippen molar-refractivity contribution in [2.24, 2.45) is 10.5 Å². The predicted octanol–water partition coefficient (Wildman–Crippen LogP) is 4.70. The Balaban J connectivity index is 4.86. The molecule has 1 atom stereocenters. The molecule has 0 aliphatic rings. The number of hydrogen-bond donors (Lipinski definition) is 2. The molecule has 0 aliphatic carbocycles. The van der Waals surface area contributed by atoms with Gasteiger partial charge < -0.3 is 34.7 Å². The molecule has 0 fully saturated rings. The van der Waals surface area contributed by atoms with E-state index in [9.17, 15) is 24.1 Å². The molecule has 0 heterocycles. The Kier molecular flexibility index (Phi) is 20.8. The zero-order chi connectivity index (χ0) is 29.5. The molecule has 15 heteroatoms. The van der Waals surface area contributed by atoms with Crippen molar-refractivity contribution in [3.63, 3.8) is 0 Å². The third kappa shape index (κ3) is 18.4. The molecular formula is C24H46N3O11P. The summed E-state index contributed by atoms with van der Waals surface area (Å²) in [5.41, 5.74) is 5.90. The number of rotatable bonds is 22. The van der Waals surface area contributed by atoms with Gasteiger partial charge in [-0.1, -0.05) is 46.5 Å². The van der Waals surface area contributed by atoms with Crippen LogP contribution in [0.15, 0.2) is 4.76 Å². The molecule has 3 N–H and O–H groups in total. The summed E-state index contributed by atoms with van der Waals surface area (Å²) in [5.74, 6) is -1.49. The topological polar surface area (TPSA) is 186 Å². The van der Waals surface area contributed by atoms with E-state index in [2.05, 4.69) is 4.76 Å². The Hall–Kier alpha value is -2.57. The maximum Gasteiger partial charge on any atom is 0.508 e. The normalized spacial score (nSPS) is 12.5. The lowest BCUT2D eigenvalue weighted by atomic mass is 10.2. The Morgan fingerprint density at radius 3 is 1.54 bits per heavy atom. The number of carbonyl (C=O) groups is 3. The van der Waals surface area contributed by atoms with E-state index in [1.165, 1.54) is 7.05 Å². The first kappa shape index (κ1) is 36.4. The van der Waals surface area contributed by atoms with E-state index in [4.69, 9.17) is 33.7 Å². The molecule has 0 spiro atoms. The highest BCUT2D eigenvalue weighted by Gasteiger charge is 2.29. The van der Waals surface area contributed by atoms with Crippen LogP contribution in [0.1, 0.15) is 78.6 Å². The number of carbonyl (C=O) groups excluding carboxylic acids is 2. The molecule has 39 heavy (non-hydrogen) atoms. The number of guanidine groups is 1. The molecule has 228 valence electrons. The van der Waals surface area contributed by atoms with Gasteiger partial charge in [0, 0.05) is 19.9 Å². The first-order valence-corrected chi connectivity index (χ1v) is 14.9. The van der Waals surface area contributed by atoms with E-state index < -0.39 is 32.1 Å². The molecule has 0 radical (unpaired) electrons. The molecule has 0 bridgehead atoms. The number of likely N-dealkylation sites (N-methyl/N-ethyl adjacent to an activating group) is 1. The Labute approximate surface area is 231 Å². The first-order valence-electron chi connectivity index (χ1n) is 13.4. The second-order valence-corrected chi connectivity index (χ2v) is 10.1. The second-order valence-electron chi connectivity index (χ2n) is 8.48. The van der Waals surface area contributed by atoms with Gasteiger partial charge in [0.1, 0.15) is 6.04 Å². The number of nitrogens with zero attached hydrogens (tertiary/aromatic N) is 2. The average Bonchev–Trinajstić information content (AvgIpc) is 2.88. The smallest absolute Gasteiger partial charge is 0.480 e. The van der Waals surface area contributed by atoms with Crippen molar-refractivity contribution in [2.75, 3.05) is 46.7 Å². The SMILES string of the molecule is CCCCCOC(=O)OCCCOP(=O)(N=C(N)N(C)C(CC)C(=O)O)OCCCOC(=O)OCCCCC. The number of hydrogen-bond acceptors (Lipinski definition) is 10. The van der Waals surface area contributed by atoms with Gasteiger partial charge in [0.25, 0.3) is 0 Å². The van der Waals surface area contributed by atoms with E-state index in [1.54, 1.807) is 6.92 Å². The molecule has 0 saturated carbocycles. The maximum atomic E-state index is 13.3. The lowest BCUT2D eigenvalue weighted by Crippen LogP contribution is -2.45. The molecular weight excluding hydrogens is 537 g/mol. The zero-order valence-electron chi connectivity index (χ0n) is 23.6.